The lowest BCUT2D eigenvalue weighted by Gasteiger charge is -2.33. The van der Waals surface area contributed by atoms with Crippen molar-refractivity contribution in [1.82, 2.24) is 5.32 Å². The SMILES string of the molecule is CCC(C)(C)C(Cc1ccc(F)c(F)c1)NC. The molecule has 1 unspecified atom stereocenters. The summed E-state index contributed by atoms with van der Waals surface area (Å²) in [6.45, 7) is 6.48. The van der Waals surface area contributed by atoms with Gasteiger partial charge in [0.15, 0.2) is 11.6 Å². The first-order chi connectivity index (χ1) is 7.90. The Labute approximate surface area is 102 Å². The minimum Gasteiger partial charge on any atom is -0.316 e. The van der Waals surface area contributed by atoms with E-state index in [1.165, 1.54) is 12.1 Å². The minimum absolute atomic E-state index is 0.125. The highest BCUT2D eigenvalue weighted by atomic mass is 19.2. The van der Waals surface area contributed by atoms with Crippen LogP contribution in [-0.2, 0) is 6.42 Å². The summed E-state index contributed by atoms with van der Waals surface area (Å²) in [5.74, 6) is -1.56. The van der Waals surface area contributed by atoms with E-state index in [1.54, 1.807) is 6.07 Å². The average Bonchev–Trinajstić information content (AvgIpc) is 2.30. The van der Waals surface area contributed by atoms with Crippen LogP contribution in [0.5, 0.6) is 0 Å². The molecule has 1 N–H and O–H groups in total. The predicted molar refractivity (Wildman–Crippen MR) is 67.0 cm³/mol. The van der Waals surface area contributed by atoms with Crippen LogP contribution in [0.4, 0.5) is 8.78 Å². The number of rotatable bonds is 5. The molecule has 0 saturated carbocycles. The molecule has 1 aromatic rings. The molecule has 96 valence electrons. The summed E-state index contributed by atoms with van der Waals surface area (Å²) in [5.41, 5.74) is 0.948. The fourth-order valence-electron chi connectivity index (χ4n) is 1.92. The van der Waals surface area contributed by atoms with Crippen LogP contribution in [0.1, 0.15) is 32.8 Å². The highest BCUT2D eigenvalue weighted by Crippen LogP contribution is 2.27. The van der Waals surface area contributed by atoms with Crippen LogP contribution in [0, 0.1) is 17.0 Å². The fourth-order valence-corrected chi connectivity index (χ4v) is 1.92. The maximum atomic E-state index is 13.1. The Kier molecular flexibility index (Phi) is 4.63. The third kappa shape index (κ3) is 3.50. The van der Waals surface area contributed by atoms with Crippen LogP contribution in [0.3, 0.4) is 0 Å². The van der Waals surface area contributed by atoms with E-state index in [0.29, 0.717) is 6.42 Å². The lowest BCUT2D eigenvalue weighted by atomic mass is 9.79. The van der Waals surface area contributed by atoms with Crippen LogP contribution in [0.2, 0.25) is 0 Å². The summed E-state index contributed by atoms with van der Waals surface area (Å²) < 4.78 is 25.9. The molecule has 0 fully saturated rings. The van der Waals surface area contributed by atoms with Gasteiger partial charge in [0.2, 0.25) is 0 Å². The minimum atomic E-state index is -0.787. The van der Waals surface area contributed by atoms with E-state index in [4.69, 9.17) is 0 Å². The Morgan fingerprint density at radius 2 is 1.88 bits per heavy atom. The topological polar surface area (TPSA) is 12.0 Å². The zero-order chi connectivity index (χ0) is 13.1. The highest BCUT2D eigenvalue weighted by Gasteiger charge is 2.26. The zero-order valence-corrected chi connectivity index (χ0v) is 11.0. The molecular weight excluding hydrogens is 220 g/mol. The standard InChI is InChI=1S/C14H21F2N/c1-5-14(2,3)13(17-4)9-10-6-7-11(15)12(16)8-10/h6-8,13,17H,5,9H2,1-4H3. The molecule has 0 aliphatic rings. The van der Waals surface area contributed by atoms with Gasteiger partial charge in [0.1, 0.15) is 0 Å². The van der Waals surface area contributed by atoms with E-state index < -0.39 is 11.6 Å². The van der Waals surface area contributed by atoms with E-state index in [1.807, 2.05) is 7.05 Å². The van der Waals surface area contributed by atoms with Crippen molar-refractivity contribution < 1.29 is 8.78 Å². The van der Waals surface area contributed by atoms with Crippen LogP contribution in [0.15, 0.2) is 18.2 Å². The maximum absolute atomic E-state index is 13.1. The summed E-state index contributed by atoms with van der Waals surface area (Å²) >= 11 is 0. The molecule has 1 aromatic carbocycles. The normalized spacial score (nSPS) is 13.8. The smallest absolute Gasteiger partial charge is 0.159 e. The molecule has 0 radical (unpaired) electrons. The van der Waals surface area contributed by atoms with E-state index in [0.717, 1.165) is 12.0 Å². The lowest BCUT2D eigenvalue weighted by molar-refractivity contribution is 0.240. The van der Waals surface area contributed by atoms with Gasteiger partial charge in [-0.3, -0.25) is 0 Å². The van der Waals surface area contributed by atoms with Gasteiger partial charge in [0, 0.05) is 6.04 Å². The van der Waals surface area contributed by atoms with Crippen molar-refractivity contribution in [3.05, 3.63) is 35.4 Å². The van der Waals surface area contributed by atoms with Crippen molar-refractivity contribution in [3.8, 4) is 0 Å². The first-order valence-corrected chi connectivity index (χ1v) is 6.02. The monoisotopic (exact) mass is 241 g/mol. The van der Waals surface area contributed by atoms with Gasteiger partial charge in [-0.05, 0) is 43.0 Å². The highest BCUT2D eigenvalue weighted by molar-refractivity contribution is 5.19. The number of hydrogen-bond acceptors (Lipinski definition) is 1. The molecule has 1 atom stereocenters. The molecule has 0 aromatic heterocycles. The molecule has 0 saturated heterocycles. The van der Waals surface area contributed by atoms with Crippen LogP contribution in [-0.4, -0.2) is 13.1 Å². The summed E-state index contributed by atoms with van der Waals surface area (Å²) in [6.07, 6.45) is 1.73. The van der Waals surface area contributed by atoms with Crippen molar-refractivity contribution in [2.75, 3.05) is 7.05 Å². The fraction of sp³-hybridized carbons (Fsp3) is 0.571. The summed E-state index contributed by atoms with van der Waals surface area (Å²) in [5, 5.41) is 3.26. The van der Waals surface area contributed by atoms with Crippen molar-refractivity contribution in [2.45, 2.75) is 39.7 Å². The molecule has 0 bridgehead atoms. The average molecular weight is 241 g/mol. The third-order valence-electron chi connectivity index (χ3n) is 3.63. The number of benzene rings is 1. The van der Waals surface area contributed by atoms with Gasteiger partial charge >= 0.3 is 0 Å². The zero-order valence-electron chi connectivity index (χ0n) is 11.0. The number of halogens is 2. The Balaban J connectivity index is 2.84. The largest absolute Gasteiger partial charge is 0.316 e. The van der Waals surface area contributed by atoms with Gasteiger partial charge in [0.25, 0.3) is 0 Å². The quantitative estimate of drug-likeness (QED) is 0.831. The molecule has 0 spiro atoms. The van der Waals surface area contributed by atoms with Crippen molar-refractivity contribution in [1.29, 1.82) is 0 Å². The molecular formula is C14H21F2N. The molecule has 0 aliphatic carbocycles. The molecule has 0 amide bonds. The second kappa shape index (κ2) is 5.58. The van der Waals surface area contributed by atoms with E-state index in [9.17, 15) is 8.78 Å². The Hall–Kier alpha value is -0.960. The van der Waals surface area contributed by atoms with E-state index in [2.05, 4.69) is 26.1 Å². The van der Waals surface area contributed by atoms with Crippen molar-refractivity contribution in [3.63, 3.8) is 0 Å². The second-order valence-corrected chi connectivity index (χ2v) is 5.14. The van der Waals surface area contributed by atoms with E-state index in [-0.39, 0.29) is 11.5 Å². The number of likely N-dealkylation sites (N-methyl/N-ethyl adjacent to an activating group) is 1. The number of hydrogen-bond donors (Lipinski definition) is 1. The van der Waals surface area contributed by atoms with Crippen molar-refractivity contribution >= 4 is 0 Å². The first-order valence-electron chi connectivity index (χ1n) is 6.02. The van der Waals surface area contributed by atoms with Gasteiger partial charge in [-0.25, -0.2) is 8.78 Å². The second-order valence-electron chi connectivity index (χ2n) is 5.14. The third-order valence-corrected chi connectivity index (χ3v) is 3.63. The van der Waals surface area contributed by atoms with Gasteiger partial charge < -0.3 is 5.32 Å². The molecule has 1 rings (SSSR count). The van der Waals surface area contributed by atoms with Crippen LogP contribution >= 0.6 is 0 Å². The van der Waals surface area contributed by atoms with Gasteiger partial charge in [-0.2, -0.15) is 0 Å². The Bertz CT molecular complexity index is 374. The van der Waals surface area contributed by atoms with Crippen LogP contribution < -0.4 is 5.32 Å². The first kappa shape index (κ1) is 14.1. The van der Waals surface area contributed by atoms with Crippen LogP contribution in [0.25, 0.3) is 0 Å². The predicted octanol–water partition coefficient (Wildman–Crippen LogP) is 3.53. The molecule has 1 nitrogen and oxygen atoms in total. The number of nitrogens with one attached hydrogen (secondary N) is 1. The Morgan fingerprint density at radius 1 is 1.24 bits per heavy atom. The van der Waals surface area contributed by atoms with Gasteiger partial charge in [0.05, 0.1) is 0 Å². The Morgan fingerprint density at radius 3 is 2.35 bits per heavy atom. The molecule has 17 heavy (non-hydrogen) atoms. The molecule has 0 aliphatic heterocycles. The summed E-state index contributed by atoms with van der Waals surface area (Å²) in [6, 6.07) is 4.37. The molecule has 0 heterocycles. The lowest BCUT2D eigenvalue weighted by Crippen LogP contribution is -2.41. The molecule has 3 heteroatoms. The maximum Gasteiger partial charge on any atom is 0.159 e. The van der Waals surface area contributed by atoms with E-state index >= 15 is 0 Å². The summed E-state index contributed by atoms with van der Waals surface area (Å²) in [7, 11) is 1.90. The van der Waals surface area contributed by atoms with Gasteiger partial charge in [-0.1, -0.05) is 26.8 Å². The summed E-state index contributed by atoms with van der Waals surface area (Å²) in [4.78, 5) is 0. The van der Waals surface area contributed by atoms with Crippen molar-refractivity contribution in [2.24, 2.45) is 5.41 Å². The van der Waals surface area contributed by atoms with Gasteiger partial charge in [-0.15, -0.1) is 0 Å².